The van der Waals surface area contributed by atoms with Gasteiger partial charge >= 0.3 is 5.82 Å². The lowest BCUT2D eigenvalue weighted by Crippen LogP contribution is -2.17. The van der Waals surface area contributed by atoms with Crippen molar-refractivity contribution in [1.29, 1.82) is 0 Å². The lowest BCUT2D eigenvalue weighted by Gasteiger charge is -2.23. The average molecular weight is 206 g/mol. The van der Waals surface area contributed by atoms with Gasteiger partial charge in [0.2, 0.25) is 5.82 Å². The Morgan fingerprint density at radius 1 is 1.67 bits per heavy atom. The van der Waals surface area contributed by atoms with E-state index in [9.17, 15) is 4.91 Å². The minimum absolute atomic E-state index is 0.0409. The Bertz CT molecular complexity index is 401. The molecular formula is C9H10N4O2. The van der Waals surface area contributed by atoms with Crippen molar-refractivity contribution in [2.45, 2.75) is 25.5 Å². The summed E-state index contributed by atoms with van der Waals surface area (Å²) in [5, 5.41) is 2.83. The van der Waals surface area contributed by atoms with Crippen molar-refractivity contribution in [2.24, 2.45) is 5.18 Å². The lowest BCUT2D eigenvalue weighted by molar-refractivity contribution is -0.0309. The van der Waals surface area contributed by atoms with Crippen LogP contribution in [0.15, 0.2) is 11.5 Å². The molecule has 15 heavy (non-hydrogen) atoms. The van der Waals surface area contributed by atoms with Crippen molar-refractivity contribution in [1.82, 2.24) is 9.55 Å². The van der Waals surface area contributed by atoms with Gasteiger partial charge in [-0.05, 0) is 24.4 Å². The van der Waals surface area contributed by atoms with Gasteiger partial charge in [0.15, 0.2) is 6.33 Å². The fraction of sp³-hybridized carbons (Fsp3) is 0.556. The Hall–Kier alpha value is -1.74. The van der Waals surface area contributed by atoms with Crippen LogP contribution in [0.3, 0.4) is 0 Å². The number of ether oxygens (including phenoxy) is 1. The highest BCUT2D eigenvalue weighted by Gasteiger charge is 2.22. The van der Waals surface area contributed by atoms with Crippen LogP contribution in [0.5, 0.6) is 0 Å². The molecule has 78 valence electrons. The van der Waals surface area contributed by atoms with Gasteiger partial charge in [-0.2, -0.15) is 0 Å². The Balaban J connectivity index is 2.31. The number of rotatable bonds is 2. The highest BCUT2D eigenvalue weighted by molar-refractivity contribution is 5.57. The third-order valence-electron chi connectivity index (χ3n) is 2.41. The number of hydrogen-bond acceptors (Lipinski definition) is 4. The second-order valence-electron chi connectivity index (χ2n) is 3.32. The smallest absolute Gasteiger partial charge is 0.317 e. The summed E-state index contributed by atoms with van der Waals surface area (Å²) in [6.45, 7) is 7.50. The molecule has 1 fully saturated rings. The van der Waals surface area contributed by atoms with Gasteiger partial charge in [-0.3, -0.25) is 4.57 Å². The average Bonchev–Trinajstić information content (AvgIpc) is 2.72. The first kappa shape index (κ1) is 9.80. The van der Waals surface area contributed by atoms with Gasteiger partial charge in [-0.15, -0.1) is 9.89 Å². The van der Waals surface area contributed by atoms with Crippen LogP contribution in [0.1, 0.15) is 25.5 Å². The van der Waals surface area contributed by atoms with Gasteiger partial charge < -0.3 is 9.58 Å². The minimum atomic E-state index is -0.200. The van der Waals surface area contributed by atoms with Crippen LogP contribution >= 0.6 is 0 Å². The van der Waals surface area contributed by atoms with Gasteiger partial charge in [-0.25, -0.2) is 0 Å². The molecule has 1 aliphatic heterocycles. The maximum absolute atomic E-state index is 10.6. The fourth-order valence-electron chi connectivity index (χ4n) is 1.67. The summed E-state index contributed by atoms with van der Waals surface area (Å²) < 4.78 is 7.03. The molecule has 1 aliphatic rings. The fourth-order valence-corrected chi connectivity index (χ4v) is 1.67. The molecule has 1 unspecified atom stereocenters. The van der Waals surface area contributed by atoms with Gasteiger partial charge in [0.1, 0.15) is 6.23 Å². The van der Waals surface area contributed by atoms with Crippen molar-refractivity contribution in [3.63, 3.8) is 0 Å². The number of imidazole rings is 1. The topological polar surface area (TPSA) is 60.8 Å². The van der Waals surface area contributed by atoms with Crippen LogP contribution in [-0.4, -0.2) is 16.2 Å². The molecule has 0 radical (unpaired) electrons. The molecule has 0 spiro atoms. The molecule has 0 saturated carbocycles. The van der Waals surface area contributed by atoms with Crippen molar-refractivity contribution < 1.29 is 4.74 Å². The van der Waals surface area contributed by atoms with E-state index in [1.165, 1.54) is 6.33 Å². The van der Waals surface area contributed by atoms with Crippen LogP contribution in [0.2, 0.25) is 0 Å². The van der Waals surface area contributed by atoms with E-state index >= 15 is 0 Å². The maximum atomic E-state index is 10.6. The molecule has 1 saturated heterocycles. The highest BCUT2D eigenvalue weighted by atomic mass is 16.5. The van der Waals surface area contributed by atoms with Crippen molar-refractivity contribution in [2.75, 3.05) is 6.61 Å². The molecule has 1 aromatic rings. The Labute approximate surface area is 86.7 Å². The van der Waals surface area contributed by atoms with Gasteiger partial charge in [-0.1, -0.05) is 6.57 Å². The number of nitrogens with zero attached hydrogens (tertiary/aromatic N) is 4. The van der Waals surface area contributed by atoms with Gasteiger partial charge in [0.25, 0.3) is 0 Å². The van der Waals surface area contributed by atoms with E-state index in [4.69, 9.17) is 11.3 Å². The van der Waals surface area contributed by atoms with E-state index in [-0.39, 0.29) is 17.9 Å². The molecule has 0 amide bonds. The molecule has 0 aromatic carbocycles. The third kappa shape index (κ3) is 1.74. The Kier molecular flexibility index (Phi) is 2.74. The summed E-state index contributed by atoms with van der Waals surface area (Å²) in [4.78, 5) is 17.5. The standard InChI is InChI=1S/C9H10N4O2/c1-10-8-9(12-14)13(6-11-8)7-4-2-3-5-15-7/h6-7H,2-5H2. The van der Waals surface area contributed by atoms with Crippen LogP contribution in [0.25, 0.3) is 4.85 Å². The second kappa shape index (κ2) is 4.19. The van der Waals surface area contributed by atoms with E-state index in [2.05, 4.69) is 15.0 Å². The van der Waals surface area contributed by atoms with Gasteiger partial charge in [0.05, 0.1) is 0 Å². The first-order chi connectivity index (χ1) is 7.36. The SMILES string of the molecule is [C-]#[N+]c1ncn(C2CCCCO2)c1N=O. The number of nitroso groups, excluding NO2 is 1. The monoisotopic (exact) mass is 206 g/mol. The van der Waals surface area contributed by atoms with E-state index in [0.29, 0.717) is 6.61 Å². The summed E-state index contributed by atoms with van der Waals surface area (Å²) in [6.07, 6.45) is 4.16. The van der Waals surface area contributed by atoms with E-state index in [0.717, 1.165) is 19.3 Å². The van der Waals surface area contributed by atoms with Crippen LogP contribution < -0.4 is 0 Å². The lowest BCUT2D eigenvalue weighted by atomic mass is 10.2. The molecule has 0 bridgehead atoms. The number of hydrogen-bond donors (Lipinski definition) is 0. The van der Waals surface area contributed by atoms with E-state index < -0.39 is 0 Å². The molecule has 6 heteroatoms. The molecule has 2 rings (SSSR count). The molecule has 6 nitrogen and oxygen atoms in total. The summed E-state index contributed by atoms with van der Waals surface area (Å²) in [5.41, 5.74) is 0. The molecular weight excluding hydrogens is 196 g/mol. The normalized spacial score (nSPS) is 20.9. The molecule has 1 aromatic heterocycles. The third-order valence-corrected chi connectivity index (χ3v) is 2.41. The Morgan fingerprint density at radius 2 is 2.53 bits per heavy atom. The van der Waals surface area contributed by atoms with Gasteiger partial charge in [0, 0.05) is 6.61 Å². The van der Waals surface area contributed by atoms with Crippen LogP contribution in [-0.2, 0) is 4.74 Å². The highest BCUT2D eigenvalue weighted by Crippen LogP contribution is 2.33. The first-order valence-corrected chi connectivity index (χ1v) is 4.76. The van der Waals surface area contributed by atoms with Crippen molar-refractivity contribution >= 4 is 11.6 Å². The van der Waals surface area contributed by atoms with E-state index in [1.54, 1.807) is 4.57 Å². The maximum Gasteiger partial charge on any atom is 0.317 e. The molecule has 2 heterocycles. The second-order valence-corrected chi connectivity index (χ2v) is 3.32. The minimum Gasteiger partial charge on any atom is -0.358 e. The summed E-state index contributed by atoms with van der Waals surface area (Å²) in [5.74, 6) is 0.107. The quantitative estimate of drug-likeness (QED) is 0.551. The van der Waals surface area contributed by atoms with Crippen molar-refractivity contribution in [3.05, 3.63) is 22.7 Å². The zero-order chi connectivity index (χ0) is 10.7. The predicted octanol–water partition coefficient (Wildman–Crippen LogP) is 2.53. The number of aromatic nitrogens is 2. The molecule has 1 atom stereocenters. The van der Waals surface area contributed by atoms with E-state index in [1.807, 2.05) is 0 Å². The zero-order valence-corrected chi connectivity index (χ0v) is 8.09. The molecule has 0 aliphatic carbocycles. The molecule has 0 N–H and O–H groups in total. The predicted molar refractivity (Wildman–Crippen MR) is 52.8 cm³/mol. The zero-order valence-electron chi connectivity index (χ0n) is 8.09. The van der Waals surface area contributed by atoms with Crippen molar-refractivity contribution in [3.8, 4) is 0 Å². The van der Waals surface area contributed by atoms with Crippen LogP contribution in [0.4, 0.5) is 11.6 Å². The first-order valence-electron chi connectivity index (χ1n) is 4.76. The van der Waals surface area contributed by atoms with Crippen LogP contribution in [0, 0.1) is 11.5 Å². The summed E-state index contributed by atoms with van der Waals surface area (Å²) in [6, 6.07) is 0. The Morgan fingerprint density at radius 3 is 3.13 bits per heavy atom. The largest absolute Gasteiger partial charge is 0.358 e. The summed E-state index contributed by atoms with van der Waals surface area (Å²) in [7, 11) is 0. The summed E-state index contributed by atoms with van der Waals surface area (Å²) >= 11 is 0.